The lowest BCUT2D eigenvalue weighted by atomic mass is 10.2. The zero-order chi connectivity index (χ0) is 19.7. The molecule has 0 saturated carbocycles. The summed E-state index contributed by atoms with van der Waals surface area (Å²) in [5, 5.41) is 12.0. The van der Waals surface area contributed by atoms with Crippen molar-refractivity contribution in [2.45, 2.75) is 6.61 Å². The number of fused-ring (bicyclic) bond motifs is 1. The molecule has 1 aromatic carbocycles. The monoisotopic (exact) mass is 397 g/mol. The fourth-order valence-electron chi connectivity index (χ4n) is 2.75. The lowest BCUT2D eigenvalue weighted by molar-refractivity contribution is 0.102. The van der Waals surface area contributed by atoms with Crippen LogP contribution in [0.5, 0.6) is 0 Å². The van der Waals surface area contributed by atoms with Gasteiger partial charge in [0.05, 0.1) is 23.2 Å². The number of aromatic nitrogens is 4. The number of aliphatic hydroxyl groups is 1. The predicted octanol–water partition coefficient (Wildman–Crippen LogP) is 1.62. The maximum atomic E-state index is 12.9. The molecule has 0 aliphatic carbocycles. The molecule has 0 saturated heterocycles. The van der Waals surface area contributed by atoms with Crippen LogP contribution in [0.4, 0.5) is 5.69 Å². The van der Waals surface area contributed by atoms with Crippen molar-refractivity contribution in [2.24, 2.45) is 0 Å². The van der Waals surface area contributed by atoms with Crippen molar-refractivity contribution in [1.29, 1.82) is 0 Å². The largest absolute Gasteiger partial charge is 0.392 e. The lowest BCUT2D eigenvalue weighted by Crippen LogP contribution is -2.19. The predicted molar refractivity (Wildman–Crippen MR) is 102 cm³/mol. The molecule has 10 heteroatoms. The molecule has 0 spiro atoms. The van der Waals surface area contributed by atoms with E-state index >= 15 is 0 Å². The minimum atomic E-state index is -3.98. The smallest absolute Gasteiger partial charge is 0.334 e. The third kappa shape index (κ3) is 3.04. The molecule has 0 fully saturated rings. The second kappa shape index (κ2) is 6.91. The Morgan fingerprint density at radius 1 is 1.18 bits per heavy atom. The highest BCUT2D eigenvalue weighted by atomic mass is 32.2. The van der Waals surface area contributed by atoms with Crippen molar-refractivity contribution in [1.82, 2.24) is 17.9 Å². The van der Waals surface area contributed by atoms with E-state index in [0.29, 0.717) is 22.3 Å². The van der Waals surface area contributed by atoms with Gasteiger partial charge in [0.1, 0.15) is 6.33 Å². The van der Waals surface area contributed by atoms with Crippen LogP contribution in [0.15, 0.2) is 67.5 Å². The fourth-order valence-corrected chi connectivity index (χ4v) is 3.98. The summed E-state index contributed by atoms with van der Waals surface area (Å²) in [6.07, 6.45) is 6.66. The number of hydrogen-bond acceptors (Lipinski definition) is 6. The van der Waals surface area contributed by atoms with E-state index in [2.05, 4.69) is 15.3 Å². The third-order valence-corrected chi connectivity index (χ3v) is 5.74. The molecule has 4 aromatic rings. The van der Waals surface area contributed by atoms with Crippen LogP contribution >= 0.6 is 0 Å². The van der Waals surface area contributed by atoms with Gasteiger partial charge in [-0.1, -0.05) is 12.1 Å². The first kappa shape index (κ1) is 17.9. The van der Waals surface area contributed by atoms with Gasteiger partial charge in [0.25, 0.3) is 5.91 Å². The average Bonchev–Trinajstić information content (AvgIpc) is 3.36. The van der Waals surface area contributed by atoms with Crippen LogP contribution < -0.4 is 5.32 Å². The first-order valence-electron chi connectivity index (χ1n) is 8.22. The molecule has 9 nitrogen and oxygen atoms in total. The second-order valence-corrected chi connectivity index (χ2v) is 7.62. The molecule has 0 bridgehead atoms. The minimum absolute atomic E-state index is 0.147. The minimum Gasteiger partial charge on any atom is -0.392 e. The van der Waals surface area contributed by atoms with Crippen LogP contribution in [0.1, 0.15) is 15.9 Å². The van der Waals surface area contributed by atoms with Gasteiger partial charge in [-0.05, 0) is 24.3 Å². The summed E-state index contributed by atoms with van der Waals surface area (Å²) in [6.45, 7) is -0.285. The SMILES string of the molecule is O=C(Nc1ccncc1CO)c1ccn(S(=O)(=O)n2cnc3ccccc32)c1. The summed E-state index contributed by atoms with van der Waals surface area (Å²) < 4.78 is 27.8. The molecule has 28 heavy (non-hydrogen) atoms. The van der Waals surface area contributed by atoms with Gasteiger partial charge in [-0.15, -0.1) is 0 Å². The van der Waals surface area contributed by atoms with E-state index in [0.717, 1.165) is 7.94 Å². The van der Waals surface area contributed by atoms with Crippen molar-refractivity contribution in [3.63, 3.8) is 0 Å². The highest BCUT2D eigenvalue weighted by molar-refractivity contribution is 7.88. The molecule has 0 unspecified atom stereocenters. The number of imidazole rings is 1. The number of rotatable bonds is 5. The molecule has 1 amide bonds. The molecule has 0 aliphatic rings. The zero-order valence-electron chi connectivity index (χ0n) is 14.4. The summed E-state index contributed by atoms with van der Waals surface area (Å²) >= 11 is 0. The van der Waals surface area contributed by atoms with Gasteiger partial charge in [-0.2, -0.15) is 8.42 Å². The lowest BCUT2D eigenvalue weighted by Gasteiger charge is -2.08. The normalized spacial score (nSPS) is 11.6. The van der Waals surface area contributed by atoms with E-state index in [-0.39, 0.29) is 12.2 Å². The Labute approximate surface area is 160 Å². The number of amides is 1. The average molecular weight is 397 g/mol. The number of benzene rings is 1. The van der Waals surface area contributed by atoms with Gasteiger partial charge in [-0.25, -0.2) is 12.9 Å². The molecular formula is C18H15N5O4S. The molecule has 3 aromatic heterocycles. The van der Waals surface area contributed by atoms with Crippen LogP contribution in [0, 0.1) is 0 Å². The summed E-state index contributed by atoms with van der Waals surface area (Å²) in [5.74, 6) is -0.509. The number of anilines is 1. The first-order chi connectivity index (χ1) is 13.5. The number of hydrogen-bond donors (Lipinski definition) is 2. The molecule has 0 radical (unpaired) electrons. The Balaban J connectivity index is 1.64. The number of carbonyl (C=O) groups excluding carboxylic acids is 1. The Kier molecular flexibility index (Phi) is 4.41. The maximum Gasteiger partial charge on any atom is 0.334 e. The quantitative estimate of drug-likeness (QED) is 0.528. The molecule has 0 aliphatic heterocycles. The van der Waals surface area contributed by atoms with Gasteiger partial charge in [-0.3, -0.25) is 9.78 Å². The number of nitrogens with one attached hydrogen (secondary N) is 1. The standard InChI is InChI=1S/C18H15N5O4S/c24-11-14-9-19-7-5-15(14)21-18(25)13-6-8-22(10-13)28(26,27)23-12-20-16-3-1-2-4-17(16)23/h1-10,12,24H,11H2,(H,19,21,25). The number of pyridine rings is 1. The maximum absolute atomic E-state index is 12.9. The van der Waals surface area contributed by atoms with E-state index < -0.39 is 16.1 Å². The van der Waals surface area contributed by atoms with Crippen molar-refractivity contribution in [2.75, 3.05) is 5.32 Å². The highest BCUT2D eigenvalue weighted by Crippen LogP contribution is 2.18. The number of nitrogens with zero attached hydrogens (tertiary/aromatic N) is 4. The summed E-state index contributed by atoms with van der Waals surface area (Å²) in [4.78, 5) is 20.5. The van der Waals surface area contributed by atoms with Gasteiger partial charge < -0.3 is 10.4 Å². The van der Waals surface area contributed by atoms with Crippen molar-refractivity contribution in [3.8, 4) is 0 Å². The molecular weight excluding hydrogens is 382 g/mol. The fraction of sp³-hybridized carbons (Fsp3) is 0.0556. The van der Waals surface area contributed by atoms with Gasteiger partial charge in [0.2, 0.25) is 0 Å². The summed E-state index contributed by atoms with van der Waals surface area (Å²) in [6, 6.07) is 9.79. The van der Waals surface area contributed by atoms with Gasteiger partial charge in [0.15, 0.2) is 0 Å². The molecule has 2 N–H and O–H groups in total. The Bertz CT molecular complexity index is 1280. The summed E-state index contributed by atoms with van der Waals surface area (Å²) in [7, 11) is -3.98. The van der Waals surface area contributed by atoms with E-state index in [9.17, 15) is 18.3 Å². The molecule has 4 rings (SSSR count). The summed E-state index contributed by atoms with van der Waals surface area (Å²) in [5.41, 5.74) is 1.98. The van der Waals surface area contributed by atoms with E-state index in [1.807, 2.05) is 0 Å². The van der Waals surface area contributed by atoms with Gasteiger partial charge >= 0.3 is 10.2 Å². The van der Waals surface area contributed by atoms with Gasteiger partial charge in [0, 0.05) is 36.0 Å². The topological polar surface area (TPSA) is 119 Å². The highest BCUT2D eigenvalue weighted by Gasteiger charge is 2.20. The van der Waals surface area contributed by atoms with E-state index in [1.165, 1.54) is 37.2 Å². The first-order valence-corrected chi connectivity index (χ1v) is 9.61. The third-order valence-electron chi connectivity index (χ3n) is 4.19. The van der Waals surface area contributed by atoms with Crippen molar-refractivity contribution in [3.05, 3.63) is 78.6 Å². The molecule has 0 atom stereocenters. The van der Waals surface area contributed by atoms with Crippen molar-refractivity contribution < 1.29 is 18.3 Å². The Morgan fingerprint density at radius 3 is 2.82 bits per heavy atom. The second-order valence-electron chi connectivity index (χ2n) is 5.91. The number of carbonyl (C=O) groups is 1. The zero-order valence-corrected chi connectivity index (χ0v) is 15.2. The molecule has 3 heterocycles. The van der Waals surface area contributed by atoms with E-state index in [1.54, 1.807) is 30.3 Å². The van der Waals surface area contributed by atoms with Crippen LogP contribution in [-0.4, -0.2) is 37.3 Å². The van der Waals surface area contributed by atoms with Crippen molar-refractivity contribution >= 4 is 32.8 Å². The number of aliphatic hydroxyl groups excluding tert-OH is 1. The molecule has 142 valence electrons. The number of para-hydroxylation sites is 2. The van der Waals surface area contributed by atoms with E-state index in [4.69, 9.17) is 0 Å². The Morgan fingerprint density at radius 2 is 2.00 bits per heavy atom. The van der Waals surface area contributed by atoms with Crippen LogP contribution in [0.3, 0.4) is 0 Å². The van der Waals surface area contributed by atoms with Crippen LogP contribution in [0.25, 0.3) is 11.0 Å². The van der Waals surface area contributed by atoms with Crippen LogP contribution in [0.2, 0.25) is 0 Å². The van der Waals surface area contributed by atoms with Crippen LogP contribution in [-0.2, 0) is 16.8 Å². The Hall–Kier alpha value is -3.50.